The number of nitrogens with zero attached hydrogens (tertiary/aromatic N) is 6. The second-order valence-electron chi connectivity index (χ2n) is 16.3. The van der Waals surface area contributed by atoms with Crippen molar-refractivity contribution in [3.63, 3.8) is 0 Å². The van der Waals surface area contributed by atoms with E-state index in [4.69, 9.17) is 29.3 Å². The van der Waals surface area contributed by atoms with Gasteiger partial charge in [0.1, 0.15) is 31.9 Å². The highest BCUT2D eigenvalue weighted by Crippen LogP contribution is 2.42. The second-order valence-corrected chi connectivity index (χ2v) is 22.4. The summed E-state index contributed by atoms with van der Waals surface area (Å²) in [5, 5.41) is 30.5. The number of fused-ring (bicyclic) bond motifs is 2. The first-order chi connectivity index (χ1) is 27.4. The SMILES string of the molecule is CCOc1ccc(-c2c(C)nc3sc(C(C)(C)OOC4CC(S(=O)(=O)c5cc(-c6c(C)nc7sc(C(C)(C)O)nn67)ccc5OC)C4)nn23)cc1S(=O)(=O)CC(C)(C)O. The summed E-state index contributed by atoms with van der Waals surface area (Å²) in [6.07, 6.45) is -0.141. The van der Waals surface area contributed by atoms with Gasteiger partial charge in [-0.3, -0.25) is 0 Å². The fourth-order valence-corrected chi connectivity index (χ4v) is 12.6. The number of benzene rings is 2. The van der Waals surface area contributed by atoms with E-state index in [0.29, 0.717) is 53.8 Å². The van der Waals surface area contributed by atoms with E-state index in [1.165, 1.54) is 49.7 Å². The van der Waals surface area contributed by atoms with E-state index in [0.717, 1.165) is 0 Å². The summed E-state index contributed by atoms with van der Waals surface area (Å²) in [4.78, 5) is 22.2. The molecule has 2 N–H and O–H groups in total. The average Bonchev–Trinajstić information content (AvgIpc) is 3.85. The third kappa shape index (κ3) is 8.25. The molecule has 0 atom stereocenters. The lowest BCUT2D eigenvalue weighted by Crippen LogP contribution is -2.42. The molecule has 6 aromatic rings. The fraction of sp³-hybridized carbons (Fsp3) is 0.487. The Kier molecular flexibility index (Phi) is 11.1. The molecule has 16 nitrogen and oxygen atoms in total. The summed E-state index contributed by atoms with van der Waals surface area (Å²) in [6, 6.07) is 9.82. The Labute approximate surface area is 350 Å². The highest BCUT2D eigenvalue weighted by Gasteiger charge is 2.44. The van der Waals surface area contributed by atoms with Gasteiger partial charge in [-0.25, -0.2) is 45.6 Å². The lowest BCUT2D eigenvalue weighted by atomic mass is 9.96. The van der Waals surface area contributed by atoms with E-state index in [1.54, 1.807) is 74.0 Å². The van der Waals surface area contributed by atoms with Crippen LogP contribution in [0.4, 0.5) is 0 Å². The number of sulfone groups is 2. The van der Waals surface area contributed by atoms with Crippen LogP contribution in [0, 0.1) is 13.8 Å². The van der Waals surface area contributed by atoms with Crippen LogP contribution in [0.15, 0.2) is 46.2 Å². The number of aliphatic hydroxyl groups is 2. The highest BCUT2D eigenvalue weighted by molar-refractivity contribution is 7.92. The van der Waals surface area contributed by atoms with Crippen LogP contribution in [0.5, 0.6) is 11.5 Å². The Morgan fingerprint density at radius 3 is 1.85 bits per heavy atom. The van der Waals surface area contributed by atoms with Crippen LogP contribution < -0.4 is 9.47 Å². The van der Waals surface area contributed by atoms with E-state index in [1.807, 2.05) is 13.8 Å². The Morgan fingerprint density at radius 1 is 0.797 bits per heavy atom. The molecule has 1 aliphatic rings. The zero-order valence-electron chi connectivity index (χ0n) is 34.4. The molecular weight excluding hydrogens is 841 g/mol. The summed E-state index contributed by atoms with van der Waals surface area (Å²) >= 11 is 2.54. The fourth-order valence-electron chi connectivity index (χ4n) is 6.87. The molecular formula is C39H48N6O10S4. The lowest BCUT2D eigenvalue weighted by molar-refractivity contribution is -0.391. The average molecular weight is 889 g/mol. The van der Waals surface area contributed by atoms with Crippen LogP contribution in [0.2, 0.25) is 0 Å². The Hall–Kier alpha value is -4.02. The number of ether oxygens (including phenoxy) is 2. The number of hydrogen-bond donors (Lipinski definition) is 2. The van der Waals surface area contributed by atoms with Gasteiger partial charge in [0.15, 0.2) is 30.3 Å². The predicted molar refractivity (Wildman–Crippen MR) is 223 cm³/mol. The molecule has 2 aromatic carbocycles. The molecule has 0 saturated heterocycles. The van der Waals surface area contributed by atoms with Gasteiger partial charge in [-0.15, -0.1) is 0 Å². The topological polar surface area (TPSA) is 206 Å². The molecule has 59 heavy (non-hydrogen) atoms. The van der Waals surface area contributed by atoms with Gasteiger partial charge in [-0.1, -0.05) is 22.7 Å². The molecule has 0 amide bonds. The van der Waals surface area contributed by atoms with Crippen molar-refractivity contribution in [3.8, 4) is 34.0 Å². The molecule has 0 unspecified atom stereocenters. The zero-order chi connectivity index (χ0) is 43.0. The molecule has 20 heteroatoms. The number of imidazole rings is 2. The molecule has 4 heterocycles. The van der Waals surface area contributed by atoms with Crippen LogP contribution in [-0.4, -0.2) is 92.7 Å². The van der Waals surface area contributed by atoms with Crippen LogP contribution in [0.3, 0.4) is 0 Å². The maximum Gasteiger partial charge on any atom is 0.213 e. The molecule has 1 aliphatic carbocycles. The Bertz CT molecular complexity index is 2780. The Balaban J connectivity index is 1.08. The van der Waals surface area contributed by atoms with Gasteiger partial charge in [0.05, 0.1) is 59.2 Å². The molecule has 318 valence electrons. The van der Waals surface area contributed by atoms with E-state index in [2.05, 4.69) is 10.1 Å². The summed E-state index contributed by atoms with van der Waals surface area (Å²) in [6.45, 7) is 15.4. The van der Waals surface area contributed by atoms with E-state index < -0.39 is 53.6 Å². The van der Waals surface area contributed by atoms with Crippen molar-refractivity contribution < 1.29 is 46.3 Å². The van der Waals surface area contributed by atoms with Crippen molar-refractivity contribution >= 4 is 52.3 Å². The van der Waals surface area contributed by atoms with Gasteiger partial charge in [0.25, 0.3) is 0 Å². The van der Waals surface area contributed by atoms with Crippen LogP contribution in [0.1, 0.15) is 82.7 Å². The smallest absolute Gasteiger partial charge is 0.213 e. The molecule has 0 spiro atoms. The number of aryl methyl sites for hydroxylation is 2. The molecule has 4 aromatic heterocycles. The third-order valence-electron chi connectivity index (χ3n) is 9.82. The quantitative estimate of drug-likeness (QED) is 0.0869. The molecule has 1 fully saturated rings. The first kappa shape index (κ1) is 43.1. The van der Waals surface area contributed by atoms with Crippen LogP contribution in [0.25, 0.3) is 32.4 Å². The van der Waals surface area contributed by atoms with E-state index >= 15 is 0 Å². The van der Waals surface area contributed by atoms with E-state index in [-0.39, 0.29) is 40.7 Å². The van der Waals surface area contributed by atoms with Crippen molar-refractivity contribution in [2.45, 2.75) is 113 Å². The lowest BCUT2D eigenvalue weighted by Gasteiger charge is -2.35. The summed E-state index contributed by atoms with van der Waals surface area (Å²) in [5.74, 6) is -0.0988. The van der Waals surface area contributed by atoms with Crippen molar-refractivity contribution in [1.82, 2.24) is 29.2 Å². The van der Waals surface area contributed by atoms with Gasteiger partial charge >= 0.3 is 0 Å². The largest absolute Gasteiger partial charge is 0.495 e. The summed E-state index contributed by atoms with van der Waals surface area (Å²) in [5.41, 5.74) is -0.0982. The van der Waals surface area contributed by atoms with Crippen molar-refractivity contribution in [3.05, 3.63) is 57.8 Å². The second kappa shape index (κ2) is 15.2. The van der Waals surface area contributed by atoms with Gasteiger partial charge < -0.3 is 19.7 Å². The molecule has 0 bridgehead atoms. The maximum absolute atomic E-state index is 14.1. The molecule has 0 aliphatic heterocycles. The van der Waals surface area contributed by atoms with Gasteiger partial charge in [0, 0.05) is 11.1 Å². The minimum absolute atomic E-state index is 0.0418. The number of rotatable bonds is 15. The number of aromatic nitrogens is 6. The molecule has 0 radical (unpaired) electrons. The zero-order valence-corrected chi connectivity index (χ0v) is 37.7. The number of hydrogen-bond acceptors (Lipinski definition) is 16. The molecule has 7 rings (SSSR count). The highest BCUT2D eigenvalue weighted by atomic mass is 32.2. The monoisotopic (exact) mass is 888 g/mol. The van der Waals surface area contributed by atoms with Crippen molar-refractivity contribution in [2.75, 3.05) is 19.5 Å². The summed E-state index contributed by atoms with van der Waals surface area (Å²) in [7, 11) is -6.41. The third-order valence-corrected chi connectivity index (χ3v) is 16.5. The van der Waals surface area contributed by atoms with Crippen LogP contribution in [-0.2, 0) is 40.7 Å². The van der Waals surface area contributed by atoms with Crippen molar-refractivity contribution in [1.29, 1.82) is 0 Å². The minimum atomic E-state index is -3.95. The predicted octanol–water partition coefficient (Wildman–Crippen LogP) is 6.21. The van der Waals surface area contributed by atoms with Gasteiger partial charge in [-0.05, 0) is 112 Å². The number of methoxy groups -OCH3 is 1. The maximum atomic E-state index is 14.1. The van der Waals surface area contributed by atoms with Gasteiger partial charge in [0.2, 0.25) is 9.92 Å². The van der Waals surface area contributed by atoms with Gasteiger partial charge in [-0.2, -0.15) is 10.2 Å². The van der Waals surface area contributed by atoms with E-state index in [9.17, 15) is 27.0 Å². The standard InChI is InChI=1S/C39H48N6O10S4/c1-11-53-28-15-13-23(16-29(28)58(48,49)20-37(4,5)46)31-21(2)41-36-45(31)43-34(57-36)39(8,9)55-54-25-18-26(19-25)59(50,51)30-17-24(12-14-27(30)52-10)32-22(3)40-35-44(32)42-33(56-35)38(6,7)47/h12-17,25-26,46-47H,11,18-20H2,1-10H3. The van der Waals surface area contributed by atoms with Crippen molar-refractivity contribution in [2.24, 2.45) is 0 Å². The first-order valence-corrected chi connectivity index (χ1v) is 23.7. The summed E-state index contributed by atoms with van der Waals surface area (Å²) < 4.78 is 69.5. The molecule has 1 saturated carbocycles. The van der Waals surface area contributed by atoms with Crippen LogP contribution >= 0.6 is 22.7 Å². The first-order valence-electron chi connectivity index (χ1n) is 18.9. The minimum Gasteiger partial charge on any atom is -0.495 e. The Morgan fingerprint density at radius 2 is 1.32 bits per heavy atom. The normalized spacial score (nSPS) is 16.9.